The molecule has 24 heavy (non-hydrogen) atoms. The highest BCUT2D eigenvalue weighted by molar-refractivity contribution is 5.79. The molecule has 0 aliphatic heterocycles. The molecule has 5 heteroatoms. The Morgan fingerprint density at radius 1 is 1.38 bits per heavy atom. The number of hydrogen-bond donors (Lipinski definition) is 0. The lowest BCUT2D eigenvalue weighted by atomic mass is 9.84. The number of rotatable bonds is 6. The van der Waals surface area contributed by atoms with Gasteiger partial charge in [0, 0.05) is 30.5 Å². The lowest BCUT2D eigenvalue weighted by molar-refractivity contribution is -0.139. The second-order valence-electron chi connectivity index (χ2n) is 6.88. The Labute approximate surface area is 143 Å². The molecule has 0 saturated heterocycles. The van der Waals surface area contributed by atoms with Crippen LogP contribution in [0.5, 0.6) is 0 Å². The van der Waals surface area contributed by atoms with Crippen molar-refractivity contribution in [3.05, 3.63) is 35.7 Å². The Hall–Kier alpha value is -2.17. The zero-order valence-electron chi connectivity index (χ0n) is 14.7. The summed E-state index contributed by atoms with van der Waals surface area (Å²) in [5.41, 5.74) is 2.12. The minimum absolute atomic E-state index is 0.192. The number of carbonyl (C=O) groups excluding carboxylic acids is 1. The van der Waals surface area contributed by atoms with Gasteiger partial charge in [-0.05, 0) is 39.7 Å². The third kappa shape index (κ3) is 3.66. The van der Waals surface area contributed by atoms with Gasteiger partial charge in [0.15, 0.2) is 0 Å². The second-order valence-corrected chi connectivity index (χ2v) is 6.88. The number of benzene rings is 1. The minimum Gasteiger partial charge on any atom is -0.340 e. The van der Waals surface area contributed by atoms with E-state index in [0.29, 0.717) is 24.7 Å². The van der Waals surface area contributed by atoms with Crippen LogP contribution in [0.25, 0.3) is 11.4 Å². The second kappa shape index (κ2) is 7.16. The van der Waals surface area contributed by atoms with Crippen LogP contribution in [0, 0.1) is 12.8 Å². The van der Waals surface area contributed by atoms with E-state index in [1.165, 1.54) is 6.42 Å². The fourth-order valence-electron chi connectivity index (χ4n) is 2.99. The van der Waals surface area contributed by atoms with Gasteiger partial charge in [-0.1, -0.05) is 35.3 Å². The van der Waals surface area contributed by atoms with Gasteiger partial charge in [-0.15, -0.1) is 0 Å². The summed E-state index contributed by atoms with van der Waals surface area (Å²) < 4.78 is 5.37. The highest BCUT2D eigenvalue weighted by Gasteiger charge is 2.30. The van der Waals surface area contributed by atoms with Crippen LogP contribution in [0.15, 0.2) is 28.8 Å². The molecule has 0 spiro atoms. The average molecular weight is 327 g/mol. The van der Waals surface area contributed by atoms with Crippen molar-refractivity contribution >= 4 is 5.91 Å². The summed E-state index contributed by atoms with van der Waals surface area (Å²) in [7, 11) is 0. The monoisotopic (exact) mass is 327 g/mol. The predicted molar refractivity (Wildman–Crippen MR) is 92.4 cm³/mol. The first-order chi connectivity index (χ1) is 11.5. The molecule has 1 saturated carbocycles. The maximum atomic E-state index is 12.5. The first-order valence-corrected chi connectivity index (χ1v) is 8.74. The molecule has 0 atom stereocenters. The Kier molecular flexibility index (Phi) is 4.97. The molecule has 1 aliphatic carbocycles. The van der Waals surface area contributed by atoms with Gasteiger partial charge in [-0.3, -0.25) is 4.79 Å². The third-order valence-electron chi connectivity index (χ3n) is 4.67. The Morgan fingerprint density at radius 2 is 2.17 bits per heavy atom. The van der Waals surface area contributed by atoms with E-state index in [4.69, 9.17) is 4.52 Å². The number of amides is 1. The summed E-state index contributed by atoms with van der Waals surface area (Å²) in [4.78, 5) is 18.9. The van der Waals surface area contributed by atoms with E-state index in [2.05, 4.69) is 24.0 Å². The van der Waals surface area contributed by atoms with Gasteiger partial charge in [-0.25, -0.2) is 0 Å². The molecule has 128 valence electrons. The van der Waals surface area contributed by atoms with Gasteiger partial charge in [0.1, 0.15) is 0 Å². The van der Waals surface area contributed by atoms with Crippen molar-refractivity contribution in [2.75, 3.05) is 6.54 Å². The molecule has 1 amide bonds. The van der Waals surface area contributed by atoms with Crippen molar-refractivity contribution in [3.63, 3.8) is 0 Å². The molecule has 0 N–H and O–H groups in total. The van der Waals surface area contributed by atoms with Gasteiger partial charge < -0.3 is 9.42 Å². The van der Waals surface area contributed by atoms with E-state index in [9.17, 15) is 4.79 Å². The van der Waals surface area contributed by atoms with Gasteiger partial charge in [0.25, 0.3) is 0 Å². The van der Waals surface area contributed by atoms with E-state index >= 15 is 0 Å². The molecule has 1 aromatic heterocycles. The minimum atomic E-state index is 0.192. The average Bonchev–Trinajstić information content (AvgIpc) is 2.94. The van der Waals surface area contributed by atoms with E-state index in [1.54, 1.807) is 0 Å². The van der Waals surface area contributed by atoms with Crippen molar-refractivity contribution in [3.8, 4) is 11.4 Å². The molecule has 2 aromatic rings. The lowest BCUT2D eigenvalue weighted by Gasteiger charge is -2.34. The Bertz CT molecular complexity index is 704. The van der Waals surface area contributed by atoms with Gasteiger partial charge in [0.05, 0.1) is 0 Å². The lowest BCUT2D eigenvalue weighted by Crippen LogP contribution is -2.44. The van der Waals surface area contributed by atoms with Crippen molar-refractivity contribution in [2.45, 2.75) is 52.5 Å². The standard InChI is InChI=1S/C19H25N3O2/c1-13(2)22(19(23)15-7-5-8-15)11-10-17-20-18(21-24-17)16-9-4-6-14(3)12-16/h4,6,9,12-13,15H,5,7-8,10-11H2,1-3H3. The van der Waals surface area contributed by atoms with Crippen LogP contribution in [0.4, 0.5) is 0 Å². The summed E-state index contributed by atoms with van der Waals surface area (Å²) in [5, 5.41) is 4.07. The summed E-state index contributed by atoms with van der Waals surface area (Å²) in [5.74, 6) is 1.68. The van der Waals surface area contributed by atoms with Crippen molar-refractivity contribution in [1.82, 2.24) is 15.0 Å². The predicted octanol–water partition coefficient (Wildman–Crippen LogP) is 3.62. The molecular weight excluding hydrogens is 302 g/mol. The fourth-order valence-corrected chi connectivity index (χ4v) is 2.99. The number of carbonyl (C=O) groups is 1. The van der Waals surface area contributed by atoms with Crippen LogP contribution < -0.4 is 0 Å². The highest BCUT2D eigenvalue weighted by Crippen LogP contribution is 2.29. The van der Waals surface area contributed by atoms with Crippen LogP contribution in [0.1, 0.15) is 44.6 Å². The van der Waals surface area contributed by atoms with Crippen molar-refractivity contribution in [2.24, 2.45) is 5.92 Å². The molecule has 0 unspecified atom stereocenters. The van der Waals surface area contributed by atoms with Gasteiger partial charge >= 0.3 is 0 Å². The quantitative estimate of drug-likeness (QED) is 0.813. The number of nitrogens with zero attached hydrogens (tertiary/aromatic N) is 3. The Balaban J connectivity index is 1.64. The van der Waals surface area contributed by atoms with Crippen LogP contribution in [-0.2, 0) is 11.2 Å². The maximum Gasteiger partial charge on any atom is 0.228 e. The first kappa shape index (κ1) is 16.7. The largest absolute Gasteiger partial charge is 0.340 e. The Morgan fingerprint density at radius 3 is 2.79 bits per heavy atom. The summed E-state index contributed by atoms with van der Waals surface area (Å²) in [6.07, 6.45) is 3.82. The SMILES string of the molecule is Cc1cccc(-c2noc(CCN(C(=O)C3CCC3)C(C)C)n2)c1. The number of aromatic nitrogens is 2. The molecule has 1 fully saturated rings. The van der Waals surface area contributed by atoms with E-state index < -0.39 is 0 Å². The van der Waals surface area contributed by atoms with Gasteiger partial charge in [-0.2, -0.15) is 4.98 Å². The summed E-state index contributed by atoms with van der Waals surface area (Å²) in [6.45, 7) is 6.78. The maximum absolute atomic E-state index is 12.5. The molecule has 0 radical (unpaired) electrons. The molecule has 1 heterocycles. The van der Waals surface area contributed by atoms with Gasteiger partial charge in [0.2, 0.25) is 17.6 Å². The van der Waals surface area contributed by atoms with Crippen LogP contribution in [0.2, 0.25) is 0 Å². The van der Waals surface area contributed by atoms with E-state index in [1.807, 2.05) is 36.1 Å². The molecule has 1 aliphatic rings. The molecular formula is C19H25N3O2. The van der Waals surface area contributed by atoms with E-state index in [-0.39, 0.29) is 17.9 Å². The first-order valence-electron chi connectivity index (χ1n) is 8.74. The van der Waals surface area contributed by atoms with E-state index in [0.717, 1.165) is 24.0 Å². The summed E-state index contributed by atoms with van der Waals surface area (Å²) in [6, 6.07) is 8.23. The van der Waals surface area contributed by atoms with Crippen molar-refractivity contribution < 1.29 is 9.32 Å². The topological polar surface area (TPSA) is 59.2 Å². The van der Waals surface area contributed by atoms with Crippen LogP contribution in [-0.4, -0.2) is 33.5 Å². The fraction of sp³-hybridized carbons (Fsp3) is 0.526. The summed E-state index contributed by atoms with van der Waals surface area (Å²) >= 11 is 0. The third-order valence-corrected chi connectivity index (χ3v) is 4.67. The smallest absolute Gasteiger partial charge is 0.228 e. The number of aryl methyl sites for hydroxylation is 1. The highest BCUT2D eigenvalue weighted by atomic mass is 16.5. The normalized spacial score (nSPS) is 14.7. The number of hydrogen-bond acceptors (Lipinski definition) is 4. The molecule has 5 nitrogen and oxygen atoms in total. The van der Waals surface area contributed by atoms with Crippen LogP contribution >= 0.6 is 0 Å². The molecule has 3 rings (SSSR count). The molecule has 0 bridgehead atoms. The zero-order chi connectivity index (χ0) is 17.1. The zero-order valence-corrected chi connectivity index (χ0v) is 14.7. The molecule has 1 aromatic carbocycles. The van der Waals surface area contributed by atoms with Crippen LogP contribution in [0.3, 0.4) is 0 Å². The van der Waals surface area contributed by atoms with Crippen molar-refractivity contribution in [1.29, 1.82) is 0 Å².